The molecule has 1 aromatic carbocycles. The summed E-state index contributed by atoms with van der Waals surface area (Å²) >= 11 is 0. The Hall–Kier alpha value is -1.80. The Balaban J connectivity index is 1.58. The van der Waals surface area contributed by atoms with Gasteiger partial charge in [-0.15, -0.1) is 5.10 Å². The van der Waals surface area contributed by atoms with Gasteiger partial charge in [0, 0.05) is 6.04 Å². The molecule has 0 aliphatic heterocycles. The summed E-state index contributed by atoms with van der Waals surface area (Å²) in [5.74, 6) is 1.22. The van der Waals surface area contributed by atoms with Crippen LogP contribution in [0.5, 0.6) is 0 Å². The molecule has 1 aromatic heterocycles. The summed E-state index contributed by atoms with van der Waals surface area (Å²) in [4.78, 5) is 0.301. The molecular formula is C15H19N5O2S. The van der Waals surface area contributed by atoms with Crippen LogP contribution in [0.25, 0.3) is 5.69 Å². The molecule has 23 heavy (non-hydrogen) atoms. The second kappa shape index (κ2) is 5.38. The summed E-state index contributed by atoms with van der Waals surface area (Å²) in [6.07, 6.45) is 6.04. The smallest absolute Gasteiger partial charge is 0.208 e. The van der Waals surface area contributed by atoms with E-state index in [9.17, 15) is 8.42 Å². The van der Waals surface area contributed by atoms with Crippen molar-refractivity contribution in [3.8, 4) is 5.69 Å². The van der Waals surface area contributed by atoms with Crippen LogP contribution in [0.2, 0.25) is 0 Å². The standard InChI is InChI=1S/C15H19N5O2S/c1-10-6-13(4-5-15(10)20-9-16-18-19-20)23(21,22)17-14-8-11-2-3-12(14)7-11/h4-6,9,11-12,14,17H,2-3,7-8H2,1H3/t11-,12-,14+/m0/s1. The molecule has 2 aliphatic rings. The maximum absolute atomic E-state index is 12.7. The molecule has 3 atom stereocenters. The molecule has 2 aromatic rings. The van der Waals surface area contributed by atoms with Gasteiger partial charge in [0.15, 0.2) is 0 Å². The second-order valence-electron chi connectivity index (χ2n) is 6.61. The van der Waals surface area contributed by atoms with Crippen molar-refractivity contribution >= 4 is 10.0 Å². The SMILES string of the molecule is Cc1cc(S(=O)(=O)N[C@@H]2C[C@H]3CC[C@H]2C3)ccc1-n1cnnn1. The van der Waals surface area contributed by atoms with Crippen LogP contribution in [0.15, 0.2) is 29.4 Å². The fraction of sp³-hybridized carbons (Fsp3) is 0.533. The quantitative estimate of drug-likeness (QED) is 0.914. The van der Waals surface area contributed by atoms with Crippen LogP contribution in [0.3, 0.4) is 0 Å². The summed E-state index contributed by atoms with van der Waals surface area (Å²) in [5, 5.41) is 11.0. The van der Waals surface area contributed by atoms with E-state index in [0.29, 0.717) is 16.7 Å². The molecule has 1 N–H and O–H groups in total. The number of tetrazole rings is 1. The number of rotatable bonds is 4. The van der Waals surface area contributed by atoms with Gasteiger partial charge >= 0.3 is 0 Å². The minimum Gasteiger partial charge on any atom is -0.208 e. The Labute approximate surface area is 135 Å². The maximum atomic E-state index is 12.7. The minimum absolute atomic E-state index is 0.0956. The number of hydrogen-bond acceptors (Lipinski definition) is 5. The monoisotopic (exact) mass is 333 g/mol. The Morgan fingerprint density at radius 3 is 2.74 bits per heavy atom. The minimum atomic E-state index is -3.49. The number of aromatic nitrogens is 4. The third kappa shape index (κ3) is 2.66. The van der Waals surface area contributed by atoms with Crippen molar-refractivity contribution in [3.63, 3.8) is 0 Å². The summed E-state index contributed by atoms with van der Waals surface area (Å²) in [5.41, 5.74) is 1.59. The lowest BCUT2D eigenvalue weighted by molar-refractivity contribution is 0.390. The molecule has 8 heteroatoms. The molecule has 122 valence electrons. The van der Waals surface area contributed by atoms with Gasteiger partial charge in [0.25, 0.3) is 0 Å². The molecule has 0 radical (unpaired) electrons. The first-order valence-corrected chi connectivity index (χ1v) is 9.37. The summed E-state index contributed by atoms with van der Waals surface area (Å²) in [7, 11) is -3.49. The first-order chi connectivity index (χ1) is 11.0. The van der Waals surface area contributed by atoms with E-state index >= 15 is 0 Å². The molecule has 2 aliphatic carbocycles. The highest BCUT2D eigenvalue weighted by Crippen LogP contribution is 2.44. The van der Waals surface area contributed by atoms with E-state index in [1.807, 2.05) is 6.92 Å². The molecule has 4 rings (SSSR count). The lowest BCUT2D eigenvalue weighted by Gasteiger charge is -2.23. The van der Waals surface area contributed by atoms with Crippen molar-refractivity contribution in [2.45, 2.75) is 43.5 Å². The average Bonchev–Trinajstić information content (AvgIpc) is 3.24. The number of hydrogen-bond donors (Lipinski definition) is 1. The zero-order valence-corrected chi connectivity index (χ0v) is 13.7. The molecular weight excluding hydrogens is 314 g/mol. The highest BCUT2D eigenvalue weighted by atomic mass is 32.2. The van der Waals surface area contributed by atoms with Gasteiger partial charge < -0.3 is 0 Å². The Kier molecular flexibility index (Phi) is 3.46. The highest BCUT2D eigenvalue weighted by molar-refractivity contribution is 7.89. The zero-order valence-electron chi connectivity index (χ0n) is 12.9. The molecule has 2 bridgehead atoms. The van der Waals surface area contributed by atoms with Crippen LogP contribution in [0.1, 0.15) is 31.2 Å². The van der Waals surface area contributed by atoms with Crippen molar-refractivity contribution < 1.29 is 8.42 Å². The van der Waals surface area contributed by atoms with Gasteiger partial charge in [-0.1, -0.05) is 6.42 Å². The normalized spacial score (nSPS) is 26.7. The van der Waals surface area contributed by atoms with Crippen LogP contribution >= 0.6 is 0 Å². The van der Waals surface area contributed by atoms with Crippen LogP contribution in [-0.2, 0) is 10.0 Å². The van der Waals surface area contributed by atoms with Gasteiger partial charge in [0.1, 0.15) is 6.33 Å². The maximum Gasteiger partial charge on any atom is 0.240 e. The molecule has 0 saturated heterocycles. The molecule has 7 nitrogen and oxygen atoms in total. The topological polar surface area (TPSA) is 89.8 Å². The van der Waals surface area contributed by atoms with Crippen molar-refractivity contribution in [3.05, 3.63) is 30.1 Å². The van der Waals surface area contributed by atoms with E-state index in [0.717, 1.165) is 24.1 Å². The van der Waals surface area contributed by atoms with Crippen LogP contribution in [0.4, 0.5) is 0 Å². The van der Waals surface area contributed by atoms with Gasteiger partial charge in [-0.2, -0.15) is 0 Å². The predicted octanol–water partition coefficient (Wildman–Crippen LogP) is 1.44. The molecule has 1 heterocycles. The highest BCUT2D eigenvalue weighted by Gasteiger charge is 2.41. The number of fused-ring (bicyclic) bond motifs is 2. The molecule has 0 spiro atoms. The third-order valence-corrected chi connectivity index (χ3v) is 6.61. The fourth-order valence-electron chi connectivity index (χ4n) is 3.98. The van der Waals surface area contributed by atoms with Gasteiger partial charge in [-0.05, 0) is 72.2 Å². The van der Waals surface area contributed by atoms with E-state index < -0.39 is 10.0 Å². The first-order valence-electron chi connectivity index (χ1n) is 7.89. The number of aryl methyl sites for hydroxylation is 1. The fourth-order valence-corrected chi connectivity index (χ4v) is 5.38. The van der Waals surface area contributed by atoms with Gasteiger partial charge in [0.2, 0.25) is 10.0 Å². The number of nitrogens with one attached hydrogen (secondary N) is 1. The Morgan fingerprint density at radius 2 is 2.13 bits per heavy atom. The van der Waals surface area contributed by atoms with E-state index in [2.05, 4.69) is 20.2 Å². The van der Waals surface area contributed by atoms with E-state index in [1.165, 1.54) is 23.9 Å². The van der Waals surface area contributed by atoms with E-state index in [4.69, 9.17) is 0 Å². The summed E-state index contributed by atoms with van der Waals surface area (Å²) < 4.78 is 29.7. The van der Waals surface area contributed by atoms with Crippen LogP contribution in [0, 0.1) is 18.8 Å². The molecule has 2 saturated carbocycles. The van der Waals surface area contributed by atoms with Gasteiger partial charge in [-0.25, -0.2) is 17.8 Å². The Morgan fingerprint density at radius 1 is 1.26 bits per heavy atom. The largest absolute Gasteiger partial charge is 0.240 e. The lowest BCUT2D eigenvalue weighted by atomic mass is 9.96. The second-order valence-corrected chi connectivity index (χ2v) is 8.32. The van der Waals surface area contributed by atoms with Gasteiger partial charge in [-0.3, -0.25) is 0 Å². The average molecular weight is 333 g/mol. The zero-order chi connectivity index (χ0) is 16.0. The lowest BCUT2D eigenvalue weighted by Crippen LogP contribution is -2.38. The third-order valence-electron chi connectivity index (χ3n) is 5.12. The molecule has 2 fully saturated rings. The number of sulfonamides is 1. The predicted molar refractivity (Wildman–Crippen MR) is 83.4 cm³/mol. The van der Waals surface area contributed by atoms with Crippen LogP contribution < -0.4 is 4.72 Å². The van der Waals surface area contributed by atoms with Crippen molar-refractivity contribution in [1.29, 1.82) is 0 Å². The number of nitrogens with zero attached hydrogens (tertiary/aromatic N) is 4. The van der Waals surface area contributed by atoms with E-state index in [1.54, 1.807) is 18.2 Å². The first kappa shape index (κ1) is 14.8. The summed E-state index contributed by atoms with van der Waals surface area (Å²) in [6, 6.07) is 5.12. The van der Waals surface area contributed by atoms with Crippen molar-refractivity contribution in [2.24, 2.45) is 11.8 Å². The van der Waals surface area contributed by atoms with Gasteiger partial charge in [0.05, 0.1) is 10.6 Å². The van der Waals surface area contributed by atoms with E-state index in [-0.39, 0.29) is 6.04 Å². The summed E-state index contributed by atoms with van der Waals surface area (Å²) in [6.45, 7) is 1.85. The Bertz CT molecular complexity index is 818. The van der Waals surface area contributed by atoms with Crippen LogP contribution in [-0.4, -0.2) is 34.7 Å². The molecule has 0 unspecified atom stereocenters. The number of benzene rings is 1. The van der Waals surface area contributed by atoms with Crippen molar-refractivity contribution in [1.82, 2.24) is 24.9 Å². The molecule has 0 amide bonds. The van der Waals surface area contributed by atoms with Crippen molar-refractivity contribution in [2.75, 3.05) is 0 Å².